The molecule has 1 aromatic heterocycles. The van der Waals surface area contributed by atoms with Crippen LogP contribution in [0.15, 0.2) is 18.3 Å². The van der Waals surface area contributed by atoms with Crippen molar-refractivity contribution in [3.8, 4) is 0 Å². The predicted molar refractivity (Wildman–Crippen MR) is 82.9 cm³/mol. The minimum absolute atomic E-state index is 0.190. The second-order valence-electron chi connectivity index (χ2n) is 5.79. The van der Waals surface area contributed by atoms with E-state index in [1.165, 1.54) is 5.56 Å². The third kappa shape index (κ3) is 3.70. The molecule has 2 atom stereocenters. The van der Waals surface area contributed by atoms with Crippen LogP contribution in [0.25, 0.3) is 0 Å². The lowest BCUT2D eigenvalue weighted by molar-refractivity contribution is 0.110. The topological polar surface area (TPSA) is 48.4 Å². The van der Waals surface area contributed by atoms with Gasteiger partial charge in [0.25, 0.3) is 0 Å². The Morgan fingerprint density at radius 2 is 2.10 bits per heavy atom. The summed E-state index contributed by atoms with van der Waals surface area (Å²) >= 11 is 0. The van der Waals surface area contributed by atoms with Gasteiger partial charge in [-0.15, -0.1) is 0 Å². The molecule has 0 aromatic carbocycles. The van der Waals surface area contributed by atoms with E-state index in [-0.39, 0.29) is 6.10 Å². The molecule has 1 fully saturated rings. The van der Waals surface area contributed by atoms with Crippen LogP contribution >= 0.6 is 0 Å². The third-order valence-corrected chi connectivity index (χ3v) is 4.33. The number of hydrogen-bond donors (Lipinski definition) is 2. The Labute approximate surface area is 122 Å². The van der Waals surface area contributed by atoms with Crippen molar-refractivity contribution in [2.24, 2.45) is 5.92 Å². The van der Waals surface area contributed by atoms with Crippen molar-refractivity contribution in [3.63, 3.8) is 0 Å². The molecule has 1 aromatic rings. The Hall–Kier alpha value is -1.13. The number of nitrogens with zero attached hydrogens (tertiary/aromatic N) is 2. The van der Waals surface area contributed by atoms with Crippen LogP contribution in [0.2, 0.25) is 0 Å². The Kier molecular flexibility index (Phi) is 5.38. The molecule has 2 unspecified atom stereocenters. The molecule has 4 nitrogen and oxygen atoms in total. The van der Waals surface area contributed by atoms with E-state index in [9.17, 15) is 5.11 Å². The SMILES string of the molecule is CCNC(C)c1ccnc(N2CCC(C(C)O)CC2)c1. The summed E-state index contributed by atoms with van der Waals surface area (Å²) in [6, 6.07) is 4.63. The highest BCUT2D eigenvalue weighted by atomic mass is 16.3. The van der Waals surface area contributed by atoms with Crippen molar-refractivity contribution in [2.45, 2.75) is 45.8 Å². The standard InChI is InChI=1S/C16H27N3O/c1-4-17-12(2)15-5-8-18-16(11-15)19-9-6-14(7-10-19)13(3)20/h5,8,11-14,17,20H,4,6-7,9-10H2,1-3H3. The van der Waals surface area contributed by atoms with E-state index < -0.39 is 0 Å². The van der Waals surface area contributed by atoms with Crippen LogP contribution in [-0.4, -0.2) is 35.8 Å². The summed E-state index contributed by atoms with van der Waals surface area (Å²) in [5, 5.41) is 13.1. The minimum atomic E-state index is -0.190. The molecule has 2 N–H and O–H groups in total. The lowest BCUT2D eigenvalue weighted by Gasteiger charge is -2.34. The molecule has 0 radical (unpaired) electrons. The number of aromatic nitrogens is 1. The lowest BCUT2D eigenvalue weighted by Crippen LogP contribution is -2.37. The second-order valence-corrected chi connectivity index (χ2v) is 5.79. The first-order valence-electron chi connectivity index (χ1n) is 7.74. The van der Waals surface area contributed by atoms with Gasteiger partial charge in [0.1, 0.15) is 5.82 Å². The number of piperidine rings is 1. The first kappa shape index (κ1) is 15.3. The van der Waals surface area contributed by atoms with Crippen LogP contribution in [0.3, 0.4) is 0 Å². The summed E-state index contributed by atoms with van der Waals surface area (Å²) in [7, 11) is 0. The molecule has 0 bridgehead atoms. The van der Waals surface area contributed by atoms with Gasteiger partial charge in [-0.2, -0.15) is 0 Å². The molecule has 0 saturated carbocycles. The summed E-state index contributed by atoms with van der Waals surface area (Å²) in [5.41, 5.74) is 1.29. The molecule has 2 heterocycles. The fourth-order valence-electron chi connectivity index (χ4n) is 2.91. The van der Waals surface area contributed by atoms with E-state index in [2.05, 4.69) is 41.2 Å². The summed E-state index contributed by atoms with van der Waals surface area (Å²) in [6.07, 6.45) is 3.81. The normalized spacial score (nSPS) is 19.9. The van der Waals surface area contributed by atoms with Crippen LogP contribution in [0.1, 0.15) is 45.2 Å². The molecular formula is C16H27N3O. The van der Waals surface area contributed by atoms with Gasteiger partial charge in [-0.05, 0) is 56.8 Å². The van der Waals surface area contributed by atoms with Crippen LogP contribution in [0, 0.1) is 5.92 Å². The second kappa shape index (κ2) is 7.04. The van der Waals surface area contributed by atoms with Crippen LogP contribution in [0.4, 0.5) is 5.82 Å². The van der Waals surface area contributed by atoms with Gasteiger partial charge < -0.3 is 15.3 Å². The highest BCUT2D eigenvalue weighted by molar-refractivity contribution is 5.42. The molecule has 1 saturated heterocycles. The average molecular weight is 277 g/mol. The Morgan fingerprint density at radius 1 is 1.40 bits per heavy atom. The smallest absolute Gasteiger partial charge is 0.128 e. The van der Waals surface area contributed by atoms with Crippen LogP contribution < -0.4 is 10.2 Å². The number of anilines is 1. The van der Waals surface area contributed by atoms with Crippen LogP contribution in [-0.2, 0) is 0 Å². The summed E-state index contributed by atoms with van der Waals surface area (Å²) in [4.78, 5) is 6.85. The van der Waals surface area contributed by atoms with Crippen LogP contribution in [0.5, 0.6) is 0 Å². The first-order chi connectivity index (χ1) is 9.61. The zero-order chi connectivity index (χ0) is 14.5. The molecule has 0 spiro atoms. The summed E-state index contributed by atoms with van der Waals surface area (Å²) in [6.45, 7) is 9.15. The molecule has 0 aliphatic carbocycles. The Morgan fingerprint density at radius 3 is 2.70 bits per heavy atom. The number of hydrogen-bond acceptors (Lipinski definition) is 4. The molecular weight excluding hydrogens is 250 g/mol. The number of aliphatic hydroxyl groups is 1. The van der Waals surface area contributed by atoms with E-state index in [0.29, 0.717) is 12.0 Å². The van der Waals surface area contributed by atoms with Crippen molar-refractivity contribution in [2.75, 3.05) is 24.5 Å². The van der Waals surface area contributed by atoms with E-state index in [0.717, 1.165) is 38.3 Å². The van der Waals surface area contributed by atoms with Gasteiger partial charge in [-0.1, -0.05) is 6.92 Å². The average Bonchev–Trinajstić information content (AvgIpc) is 2.48. The third-order valence-electron chi connectivity index (χ3n) is 4.33. The van der Waals surface area contributed by atoms with Crippen molar-refractivity contribution >= 4 is 5.82 Å². The Balaban J connectivity index is 2.01. The van der Waals surface area contributed by atoms with Gasteiger partial charge in [0, 0.05) is 25.3 Å². The van der Waals surface area contributed by atoms with Gasteiger partial charge in [-0.25, -0.2) is 4.98 Å². The van der Waals surface area contributed by atoms with Gasteiger partial charge in [0.15, 0.2) is 0 Å². The fraction of sp³-hybridized carbons (Fsp3) is 0.688. The fourth-order valence-corrected chi connectivity index (χ4v) is 2.91. The summed E-state index contributed by atoms with van der Waals surface area (Å²) < 4.78 is 0. The van der Waals surface area contributed by atoms with E-state index in [1.807, 2.05) is 13.1 Å². The largest absolute Gasteiger partial charge is 0.393 e. The number of pyridine rings is 1. The highest BCUT2D eigenvalue weighted by Crippen LogP contribution is 2.25. The molecule has 112 valence electrons. The van der Waals surface area contributed by atoms with E-state index in [4.69, 9.17) is 0 Å². The molecule has 0 amide bonds. The number of rotatable bonds is 5. The molecule has 2 rings (SSSR count). The van der Waals surface area contributed by atoms with Crippen molar-refractivity contribution in [3.05, 3.63) is 23.9 Å². The van der Waals surface area contributed by atoms with E-state index >= 15 is 0 Å². The number of nitrogens with one attached hydrogen (secondary N) is 1. The molecule has 4 heteroatoms. The monoisotopic (exact) mass is 277 g/mol. The number of aliphatic hydroxyl groups excluding tert-OH is 1. The minimum Gasteiger partial charge on any atom is -0.393 e. The highest BCUT2D eigenvalue weighted by Gasteiger charge is 2.23. The zero-order valence-corrected chi connectivity index (χ0v) is 12.8. The quantitative estimate of drug-likeness (QED) is 0.867. The zero-order valence-electron chi connectivity index (χ0n) is 12.8. The maximum atomic E-state index is 9.67. The lowest BCUT2D eigenvalue weighted by atomic mass is 9.92. The molecule has 1 aliphatic heterocycles. The van der Waals surface area contributed by atoms with Gasteiger partial charge in [0.2, 0.25) is 0 Å². The maximum absolute atomic E-state index is 9.67. The summed E-state index contributed by atoms with van der Waals surface area (Å²) in [5.74, 6) is 1.51. The van der Waals surface area contributed by atoms with Gasteiger partial charge in [-0.3, -0.25) is 0 Å². The molecule has 20 heavy (non-hydrogen) atoms. The Bertz CT molecular complexity index is 414. The van der Waals surface area contributed by atoms with E-state index in [1.54, 1.807) is 0 Å². The molecule has 1 aliphatic rings. The maximum Gasteiger partial charge on any atom is 0.128 e. The predicted octanol–water partition coefficient (Wildman–Crippen LogP) is 2.35. The van der Waals surface area contributed by atoms with Gasteiger partial charge in [0.05, 0.1) is 6.10 Å². The van der Waals surface area contributed by atoms with Crippen molar-refractivity contribution in [1.82, 2.24) is 10.3 Å². The van der Waals surface area contributed by atoms with Gasteiger partial charge >= 0.3 is 0 Å². The van der Waals surface area contributed by atoms with Crippen molar-refractivity contribution in [1.29, 1.82) is 0 Å². The van der Waals surface area contributed by atoms with Crippen molar-refractivity contribution < 1.29 is 5.11 Å². The first-order valence-corrected chi connectivity index (χ1v) is 7.74.